The largest absolute Gasteiger partial charge is 0.472 e. The van der Waals surface area contributed by atoms with Gasteiger partial charge in [0.1, 0.15) is 7.85 Å². The number of ether oxygens (including phenoxy) is 1. The molecule has 1 saturated heterocycles. The summed E-state index contributed by atoms with van der Waals surface area (Å²) >= 11 is 3.08. The highest BCUT2D eigenvalue weighted by molar-refractivity contribution is 9.09. The van der Waals surface area contributed by atoms with Crippen molar-refractivity contribution in [3.05, 3.63) is 0 Å². The van der Waals surface area contributed by atoms with Gasteiger partial charge in [-0.1, -0.05) is 22.9 Å². The molecule has 1 fully saturated rings. The molecule has 3 N–H and O–H groups in total. The Hall–Kier alpha value is 0.505. The first-order valence-corrected chi connectivity index (χ1v) is 7.71. The fraction of sp³-hybridized carbons (Fsp3) is 1.00. The molecule has 1 aliphatic rings. The zero-order chi connectivity index (χ0) is 14.1. The molecule has 0 aromatic carbocycles. The molecule has 6 nitrogen and oxygen atoms in total. The summed E-state index contributed by atoms with van der Waals surface area (Å²) in [5.74, 6) is -2.58. The lowest BCUT2D eigenvalue weighted by atomic mass is 9.95. The van der Waals surface area contributed by atoms with Crippen LogP contribution in [0.2, 0.25) is 0 Å². The average Bonchev–Trinajstić information content (AvgIpc) is 2.44. The number of hydrogen-bond acceptors (Lipinski definition) is 4. The van der Waals surface area contributed by atoms with Gasteiger partial charge in [-0.2, -0.15) is 0 Å². The number of aliphatic hydroxyl groups is 1. The Morgan fingerprint density at radius 1 is 1.61 bits per heavy atom. The molecule has 0 aliphatic carbocycles. The number of alkyl halides is 2. The summed E-state index contributed by atoms with van der Waals surface area (Å²) in [4.78, 5) is 16.7. The first kappa shape index (κ1) is 16.6. The summed E-state index contributed by atoms with van der Waals surface area (Å²) in [6.07, 6.45) is -2.90. The van der Waals surface area contributed by atoms with E-state index in [1.54, 1.807) is 0 Å². The molecule has 0 bridgehead atoms. The minimum Gasteiger partial charge on any atom is -0.389 e. The molecule has 1 rings (SSSR count). The maximum absolute atomic E-state index is 14.1. The van der Waals surface area contributed by atoms with Crippen LogP contribution in [-0.4, -0.2) is 51.6 Å². The van der Waals surface area contributed by atoms with Crippen LogP contribution in [0.4, 0.5) is 4.39 Å². The van der Waals surface area contributed by atoms with Crippen LogP contribution < -0.4 is 0 Å². The first-order valence-electron chi connectivity index (χ1n) is 5.26. The van der Waals surface area contributed by atoms with Gasteiger partial charge in [0.15, 0.2) is 0 Å². The molecular formula is C8H14BBrFO6P. The average molecular weight is 347 g/mol. The summed E-state index contributed by atoms with van der Waals surface area (Å²) in [5, 5.41) is 9.72. The smallest absolute Gasteiger partial charge is 0.389 e. The van der Waals surface area contributed by atoms with E-state index in [9.17, 15) is 14.1 Å². The molecule has 0 amide bonds. The van der Waals surface area contributed by atoms with Crippen LogP contribution in [-0.2, 0) is 13.8 Å². The van der Waals surface area contributed by atoms with Crippen molar-refractivity contribution in [2.24, 2.45) is 0 Å². The minimum atomic E-state index is -4.97. The van der Waals surface area contributed by atoms with Gasteiger partial charge < -0.3 is 19.6 Å². The quantitative estimate of drug-likeness (QED) is 0.383. The Morgan fingerprint density at radius 3 is 2.50 bits per heavy atom. The lowest BCUT2D eigenvalue weighted by Crippen LogP contribution is -2.36. The zero-order valence-corrected chi connectivity index (χ0v) is 12.1. The van der Waals surface area contributed by atoms with Crippen LogP contribution in [0.5, 0.6) is 0 Å². The van der Waals surface area contributed by atoms with Crippen molar-refractivity contribution in [3.63, 3.8) is 0 Å². The van der Waals surface area contributed by atoms with E-state index in [2.05, 4.69) is 20.5 Å². The van der Waals surface area contributed by atoms with Crippen molar-refractivity contribution >= 4 is 31.6 Å². The van der Waals surface area contributed by atoms with Gasteiger partial charge in [0.2, 0.25) is 5.85 Å². The van der Waals surface area contributed by atoms with Crippen molar-refractivity contribution < 1.29 is 33.1 Å². The van der Waals surface area contributed by atoms with Crippen LogP contribution in [0, 0.1) is 0 Å². The Bertz CT molecular complexity index is 344. The SMILES string of the molecule is [B][C@@H]1O[C@H](CC(F)(CC)OP(=O)(O)O)[C@@H](O)[C@H]1Br. The molecule has 5 atom stereocenters. The number of phosphoric acid groups is 1. The van der Waals surface area contributed by atoms with E-state index in [0.29, 0.717) is 0 Å². The summed E-state index contributed by atoms with van der Waals surface area (Å²) in [7, 11) is 0.535. The number of aliphatic hydroxyl groups excluding tert-OH is 1. The van der Waals surface area contributed by atoms with Gasteiger partial charge in [0.05, 0.1) is 17.0 Å². The van der Waals surface area contributed by atoms with Gasteiger partial charge in [0.25, 0.3) is 0 Å². The van der Waals surface area contributed by atoms with Crippen LogP contribution in [0.1, 0.15) is 19.8 Å². The van der Waals surface area contributed by atoms with E-state index < -0.39 is 43.1 Å². The topological polar surface area (TPSA) is 96.2 Å². The Labute approximate surface area is 114 Å². The van der Waals surface area contributed by atoms with Crippen LogP contribution in [0.15, 0.2) is 0 Å². The number of rotatable bonds is 5. The van der Waals surface area contributed by atoms with Gasteiger partial charge in [-0.05, 0) is 0 Å². The van der Waals surface area contributed by atoms with Crippen molar-refractivity contribution in [2.75, 3.05) is 0 Å². The van der Waals surface area contributed by atoms with Gasteiger partial charge in [-0.3, -0.25) is 0 Å². The molecule has 18 heavy (non-hydrogen) atoms. The second kappa shape index (κ2) is 5.87. The fourth-order valence-corrected chi connectivity index (χ4v) is 2.78. The van der Waals surface area contributed by atoms with Crippen molar-refractivity contribution in [1.29, 1.82) is 0 Å². The Balaban J connectivity index is 2.72. The minimum absolute atomic E-state index is 0.299. The third-order valence-electron chi connectivity index (χ3n) is 2.67. The second-order valence-corrected chi connectivity index (χ2v) is 6.32. The van der Waals surface area contributed by atoms with Gasteiger partial charge in [-0.15, -0.1) is 0 Å². The van der Waals surface area contributed by atoms with E-state index >= 15 is 0 Å². The molecule has 2 radical (unpaired) electrons. The highest BCUT2D eigenvalue weighted by Gasteiger charge is 2.46. The van der Waals surface area contributed by atoms with Gasteiger partial charge in [-0.25, -0.2) is 13.5 Å². The van der Waals surface area contributed by atoms with E-state index in [1.165, 1.54) is 6.92 Å². The third kappa shape index (κ3) is 4.26. The molecule has 1 aliphatic heterocycles. The molecule has 104 valence electrons. The maximum Gasteiger partial charge on any atom is 0.472 e. The van der Waals surface area contributed by atoms with E-state index in [0.717, 1.165) is 0 Å². The highest BCUT2D eigenvalue weighted by atomic mass is 79.9. The standard InChI is InChI=1S/C8H14BBrFO6P/c1-2-8(11,17-18(13,14)15)3-4-6(12)5(10)7(9)16-4/h4-7,12H,2-3H2,1H3,(H2,13,14,15)/t4-,5-,6-,7-,8?/m1/s1. The first-order chi connectivity index (χ1) is 8.08. The Morgan fingerprint density at radius 2 is 2.17 bits per heavy atom. The number of halogens is 2. The molecular weight excluding hydrogens is 333 g/mol. The highest BCUT2D eigenvalue weighted by Crippen LogP contribution is 2.46. The maximum atomic E-state index is 14.1. The fourth-order valence-electron chi connectivity index (χ4n) is 1.69. The lowest BCUT2D eigenvalue weighted by Gasteiger charge is -2.28. The van der Waals surface area contributed by atoms with Crippen molar-refractivity contribution in [3.8, 4) is 0 Å². The predicted molar refractivity (Wildman–Crippen MR) is 65.0 cm³/mol. The number of hydrogen-bond donors (Lipinski definition) is 3. The normalized spacial score (nSPS) is 36.6. The molecule has 10 heteroatoms. The summed E-state index contributed by atoms with van der Waals surface area (Å²) in [5.41, 5.74) is 0. The van der Waals surface area contributed by atoms with Crippen LogP contribution in [0.3, 0.4) is 0 Å². The summed E-state index contributed by atoms with van der Waals surface area (Å²) < 4.78 is 34.0. The summed E-state index contributed by atoms with van der Waals surface area (Å²) in [6.45, 7) is 1.36. The molecule has 1 heterocycles. The zero-order valence-electron chi connectivity index (χ0n) is 9.57. The summed E-state index contributed by atoms with van der Waals surface area (Å²) in [6, 6.07) is -0.818. The molecule has 0 aromatic heterocycles. The van der Waals surface area contributed by atoms with E-state index in [4.69, 9.17) is 22.4 Å². The molecule has 1 unspecified atom stereocenters. The molecule has 0 spiro atoms. The van der Waals surface area contributed by atoms with Crippen molar-refractivity contribution in [1.82, 2.24) is 0 Å². The monoisotopic (exact) mass is 346 g/mol. The molecule has 0 aromatic rings. The second-order valence-electron chi connectivity index (χ2n) is 4.10. The van der Waals surface area contributed by atoms with E-state index in [1.807, 2.05) is 0 Å². The molecule has 0 saturated carbocycles. The number of phosphoric ester groups is 1. The van der Waals surface area contributed by atoms with Gasteiger partial charge in [0, 0.05) is 18.8 Å². The van der Waals surface area contributed by atoms with Crippen LogP contribution in [0.25, 0.3) is 0 Å². The van der Waals surface area contributed by atoms with Crippen LogP contribution >= 0.6 is 23.8 Å². The third-order valence-corrected chi connectivity index (χ3v) is 4.30. The van der Waals surface area contributed by atoms with Crippen molar-refractivity contribution in [2.45, 2.75) is 48.7 Å². The van der Waals surface area contributed by atoms with Gasteiger partial charge >= 0.3 is 7.82 Å². The predicted octanol–water partition coefficient (Wildman–Crippen LogP) is 0.579. The Kier molecular flexibility index (Phi) is 5.40. The lowest BCUT2D eigenvalue weighted by molar-refractivity contribution is -0.124. The van der Waals surface area contributed by atoms with E-state index in [-0.39, 0.29) is 6.42 Å².